The number of unbranched alkanes of at least 4 members (excludes halogenated alkanes) is 1. The lowest BCUT2D eigenvalue weighted by Gasteiger charge is -2.11. The molecule has 0 amide bonds. The number of aliphatic hydroxyl groups is 1. The van der Waals surface area contributed by atoms with Crippen LogP contribution >= 0.6 is 22.6 Å². The predicted octanol–water partition coefficient (Wildman–Crippen LogP) is 3.13. The van der Waals surface area contributed by atoms with Crippen LogP contribution in [-0.2, 0) is 0 Å². The summed E-state index contributed by atoms with van der Waals surface area (Å²) in [6.45, 7) is 0. The van der Waals surface area contributed by atoms with Crippen LogP contribution in [0.25, 0.3) is 0 Å². The smallest absolute Gasteiger partial charge is 0.0800 e. The molecule has 1 aromatic rings. The molecule has 0 aromatic heterocycles. The first-order valence-corrected chi connectivity index (χ1v) is 5.69. The number of benzene rings is 1. The molecule has 0 saturated heterocycles. The zero-order valence-corrected chi connectivity index (χ0v) is 10.1. The molecule has 1 nitrogen and oxygen atoms in total. The van der Waals surface area contributed by atoms with E-state index in [1.165, 1.54) is 0 Å². The van der Waals surface area contributed by atoms with Crippen LogP contribution in [-0.4, -0.2) is 5.11 Å². The molecule has 0 saturated carbocycles. The van der Waals surface area contributed by atoms with Crippen LogP contribution in [0.1, 0.15) is 30.9 Å². The summed E-state index contributed by atoms with van der Waals surface area (Å²) >= 11 is 2.24. The van der Waals surface area contributed by atoms with E-state index >= 15 is 0 Å². The Morgan fingerprint density at radius 1 is 1.43 bits per heavy atom. The van der Waals surface area contributed by atoms with Crippen molar-refractivity contribution in [2.24, 2.45) is 0 Å². The van der Waals surface area contributed by atoms with Gasteiger partial charge in [0.15, 0.2) is 0 Å². The van der Waals surface area contributed by atoms with Gasteiger partial charge in [-0.25, -0.2) is 0 Å². The number of hydrogen-bond acceptors (Lipinski definition) is 1. The monoisotopic (exact) mass is 300 g/mol. The van der Waals surface area contributed by atoms with E-state index in [9.17, 15) is 5.11 Å². The van der Waals surface area contributed by atoms with Gasteiger partial charge in [0.2, 0.25) is 0 Å². The molecule has 1 rings (SSSR count). The summed E-state index contributed by atoms with van der Waals surface area (Å²) in [5, 5.41) is 9.85. The molecule has 0 aliphatic carbocycles. The Balaban J connectivity index is 2.57. The maximum atomic E-state index is 9.85. The van der Waals surface area contributed by atoms with Gasteiger partial charge in [-0.2, -0.15) is 0 Å². The number of rotatable bonds is 4. The Morgan fingerprint density at radius 2 is 2.14 bits per heavy atom. The molecule has 0 bridgehead atoms. The van der Waals surface area contributed by atoms with Crippen molar-refractivity contribution in [3.63, 3.8) is 0 Å². The number of aliphatic hydroxyl groups excluding tert-OH is 1. The van der Waals surface area contributed by atoms with Crippen LogP contribution in [0, 0.1) is 15.9 Å². The van der Waals surface area contributed by atoms with Gasteiger partial charge < -0.3 is 5.11 Å². The molecular weight excluding hydrogens is 287 g/mol. The molecule has 2 heteroatoms. The molecule has 0 aliphatic rings. The van der Waals surface area contributed by atoms with Gasteiger partial charge in [-0.3, -0.25) is 0 Å². The standard InChI is InChI=1S/C12H13IO/c1-2-3-4-9-12(14)10-7-5-6-8-11(10)13/h1,5-8,12,14H,3-4,9H2. The second-order valence-corrected chi connectivity index (χ2v) is 4.30. The van der Waals surface area contributed by atoms with E-state index in [2.05, 4.69) is 28.5 Å². The predicted molar refractivity (Wildman–Crippen MR) is 66.8 cm³/mol. The molecular formula is C12H13IO. The second-order valence-electron chi connectivity index (χ2n) is 3.13. The molecule has 1 atom stereocenters. The lowest BCUT2D eigenvalue weighted by Crippen LogP contribution is -1.99. The van der Waals surface area contributed by atoms with Gasteiger partial charge in [0.25, 0.3) is 0 Å². The zero-order chi connectivity index (χ0) is 10.4. The quantitative estimate of drug-likeness (QED) is 0.514. The molecule has 1 unspecified atom stereocenters. The molecule has 1 aromatic carbocycles. The van der Waals surface area contributed by atoms with Crippen molar-refractivity contribution < 1.29 is 5.11 Å². The highest BCUT2D eigenvalue weighted by molar-refractivity contribution is 14.1. The maximum Gasteiger partial charge on any atom is 0.0800 e. The van der Waals surface area contributed by atoms with Gasteiger partial charge in [0, 0.05) is 9.99 Å². The number of hydrogen-bond donors (Lipinski definition) is 1. The van der Waals surface area contributed by atoms with E-state index in [4.69, 9.17) is 6.42 Å². The molecule has 0 heterocycles. The van der Waals surface area contributed by atoms with E-state index in [0.29, 0.717) is 0 Å². The fraction of sp³-hybridized carbons (Fsp3) is 0.333. The SMILES string of the molecule is C#CCCCC(O)c1ccccc1I. The molecule has 0 spiro atoms. The Labute approximate surface area is 98.7 Å². The van der Waals surface area contributed by atoms with Crippen molar-refractivity contribution in [3.05, 3.63) is 33.4 Å². The van der Waals surface area contributed by atoms with E-state index < -0.39 is 0 Å². The molecule has 0 fully saturated rings. The van der Waals surface area contributed by atoms with Crippen molar-refractivity contribution in [1.29, 1.82) is 0 Å². The van der Waals surface area contributed by atoms with E-state index in [1.54, 1.807) is 0 Å². The summed E-state index contributed by atoms with van der Waals surface area (Å²) < 4.78 is 1.11. The van der Waals surface area contributed by atoms with Gasteiger partial charge in [0.1, 0.15) is 0 Å². The summed E-state index contributed by atoms with van der Waals surface area (Å²) in [4.78, 5) is 0. The molecule has 14 heavy (non-hydrogen) atoms. The Morgan fingerprint density at radius 3 is 2.79 bits per heavy atom. The lowest BCUT2D eigenvalue weighted by molar-refractivity contribution is 0.164. The third-order valence-electron chi connectivity index (χ3n) is 2.06. The fourth-order valence-corrected chi connectivity index (χ4v) is 2.05. The molecule has 1 N–H and O–H groups in total. The van der Waals surface area contributed by atoms with E-state index in [1.807, 2.05) is 24.3 Å². The van der Waals surface area contributed by atoms with Crippen LogP contribution < -0.4 is 0 Å². The Kier molecular flexibility index (Phi) is 4.99. The minimum absolute atomic E-state index is 0.378. The Bertz CT molecular complexity index is 327. The topological polar surface area (TPSA) is 20.2 Å². The minimum atomic E-state index is -0.378. The third kappa shape index (κ3) is 3.32. The summed E-state index contributed by atoms with van der Waals surface area (Å²) in [6, 6.07) is 7.88. The molecule has 0 aliphatic heterocycles. The van der Waals surface area contributed by atoms with Gasteiger partial charge in [-0.05, 0) is 47.1 Å². The van der Waals surface area contributed by atoms with E-state index in [0.717, 1.165) is 28.4 Å². The molecule has 0 radical (unpaired) electrons. The summed E-state index contributed by atoms with van der Waals surface area (Å²) in [5.41, 5.74) is 1.00. The highest BCUT2D eigenvalue weighted by Gasteiger charge is 2.09. The van der Waals surface area contributed by atoms with Crippen molar-refractivity contribution in [2.45, 2.75) is 25.4 Å². The average molecular weight is 300 g/mol. The highest BCUT2D eigenvalue weighted by atomic mass is 127. The van der Waals surface area contributed by atoms with E-state index in [-0.39, 0.29) is 6.10 Å². The van der Waals surface area contributed by atoms with Crippen LogP contribution in [0.3, 0.4) is 0 Å². The van der Waals surface area contributed by atoms with Crippen LogP contribution in [0.5, 0.6) is 0 Å². The maximum absolute atomic E-state index is 9.85. The fourth-order valence-electron chi connectivity index (χ4n) is 1.30. The minimum Gasteiger partial charge on any atom is -0.388 e. The first-order valence-electron chi connectivity index (χ1n) is 4.61. The summed E-state index contributed by atoms with van der Waals surface area (Å²) in [7, 11) is 0. The average Bonchev–Trinajstić information content (AvgIpc) is 2.18. The summed E-state index contributed by atoms with van der Waals surface area (Å²) in [6.07, 6.45) is 7.13. The number of halogens is 1. The Hall–Kier alpha value is -0.530. The van der Waals surface area contributed by atoms with Crippen molar-refractivity contribution in [1.82, 2.24) is 0 Å². The first kappa shape index (κ1) is 11.5. The zero-order valence-electron chi connectivity index (χ0n) is 7.91. The number of terminal acetylenes is 1. The van der Waals surface area contributed by atoms with Gasteiger partial charge in [-0.1, -0.05) is 18.2 Å². The van der Waals surface area contributed by atoms with Crippen LogP contribution in [0.4, 0.5) is 0 Å². The lowest BCUT2D eigenvalue weighted by atomic mass is 10.0. The van der Waals surface area contributed by atoms with Crippen molar-refractivity contribution in [3.8, 4) is 12.3 Å². The van der Waals surface area contributed by atoms with Gasteiger partial charge in [-0.15, -0.1) is 12.3 Å². The summed E-state index contributed by atoms with van der Waals surface area (Å²) in [5.74, 6) is 2.58. The van der Waals surface area contributed by atoms with Crippen molar-refractivity contribution in [2.75, 3.05) is 0 Å². The van der Waals surface area contributed by atoms with Crippen LogP contribution in [0.2, 0.25) is 0 Å². The van der Waals surface area contributed by atoms with Gasteiger partial charge >= 0.3 is 0 Å². The normalized spacial score (nSPS) is 12.1. The third-order valence-corrected chi connectivity index (χ3v) is 3.05. The largest absolute Gasteiger partial charge is 0.388 e. The van der Waals surface area contributed by atoms with Crippen molar-refractivity contribution >= 4 is 22.6 Å². The highest BCUT2D eigenvalue weighted by Crippen LogP contribution is 2.23. The molecule has 74 valence electrons. The first-order chi connectivity index (χ1) is 6.75. The second kappa shape index (κ2) is 6.05. The van der Waals surface area contributed by atoms with Crippen LogP contribution in [0.15, 0.2) is 24.3 Å². The van der Waals surface area contributed by atoms with Gasteiger partial charge in [0.05, 0.1) is 6.10 Å².